The summed E-state index contributed by atoms with van der Waals surface area (Å²) in [6, 6.07) is 77.6. The number of nitrogens with one attached hydrogen (secondary N) is 8. The van der Waals surface area contributed by atoms with Crippen LogP contribution in [0.4, 0.5) is 13.2 Å². The Hall–Kier alpha value is -11.8. The van der Waals surface area contributed by atoms with E-state index < -0.39 is 49.6 Å². The summed E-state index contributed by atoms with van der Waals surface area (Å²) in [5.74, 6) is -0.300. The van der Waals surface area contributed by atoms with Crippen LogP contribution in [0.1, 0.15) is 168 Å². The second-order valence-electron chi connectivity index (χ2n) is 35.1. The number of hydrogen-bond acceptors (Lipinski definition) is 10. The zero-order chi connectivity index (χ0) is 85.5. The molecule has 16 nitrogen and oxygen atoms in total. The van der Waals surface area contributed by atoms with Gasteiger partial charge in [-0.25, -0.2) is 0 Å². The molecule has 122 heavy (non-hydrogen) atoms. The molecule has 0 saturated heterocycles. The minimum atomic E-state index is -4.63. The van der Waals surface area contributed by atoms with E-state index in [1.165, 1.54) is 56.0 Å². The molecular formula is C101H103ClF3N9O7Si. The first-order valence-electron chi connectivity index (χ1n) is 41.9. The fourth-order valence-corrected chi connectivity index (χ4v) is 20.1. The molecule has 0 spiro atoms. The Morgan fingerprint density at radius 3 is 1.80 bits per heavy atom. The Balaban J connectivity index is 0.000000127. The molecule has 0 fully saturated rings. The van der Waals surface area contributed by atoms with Crippen LogP contribution in [0.3, 0.4) is 0 Å². The SMILES string of the molecule is CC(=O)Oc1ccc(C2NCCc3c2[nH]c2ccccc32)cc1C(F)(F)F.CC(C)(C)c1cccc(C2NC(C(=O)O)Cc3c2[nH]c2ccc4ccccc4c32)c1Cl.Cn1c2c(c3ccc(C[Si](C)(C)C(C)(C)C)cc31)CC(C(=O)NCc1ccccc1)NC2c1ccc(OCc2ccccc2)cc1.c1coc(C2NCCc3c2[nH]c2ccccc32)c1. The van der Waals surface area contributed by atoms with Gasteiger partial charge in [0.15, 0.2) is 0 Å². The Labute approximate surface area is 714 Å². The van der Waals surface area contributed by atoms with Gasteiger partial charge >= 0.3 is 18.1 Å². The summed E-state index contributed by atoms with van der Waals surface area (Å²) in [4.78, 5) is 47.3. The van der Waals surface area contributed by atoms with Crippen molar-refractivity contribution in [3.63, 3.8) is 0 Å². The molecule has 9 heterocycles. The highest BCUT2D eigenvalue weighted by Gasteiger charge is 2.41. The number of esters is 1. The van der Waals surface area contributed by atoms with Gasteiger partial charge in [-0.15, -0.1) is 0 Å². The summed E-state index contributed by atoms with van der Waals surface area (Å²) in [5.41, 5.74) is 19.7. The van der Waals surface area contributed by atoms with Crippen molar-refractivity contribution in [2.45, 2.75) is 159 Å². The van der Waals surface area contributed by atoms with Gasteiger partial charge < -0.3 is 54.5 Å². The van der Waals surface area contributed by atoms with Crippen molar-refractivity contribution in [3.05, 3.63) is 343 Å². The number of rotatable bonds is 14. The summed E-state index contributed by atoms with van der Waals surface area (Å²) < 4.78 is 59.2. The molecule has 15 aromatic rings. The van der Waals surface area contributed by atoms with E-state index >= 15 is 0 Å². The lowest BCUT2D eigenvalue weighted by molar-refractivity contribution is -0.142. The zero-order valence-electron chi connectivity index (χ0n) is 70.3. The van der Waals surface area contributed by atoms with Crippen LogP contribution in [-0.4, -0.2) is 75.7 Å². The maximum Gasteiger partial charge on any atom is 0.419 e. The smallest absolute Gasteiger partial charge is 0.419 e. The number of H-pyrrole nitrogens is 3. The number of halogens is 4. The number of para-hydroxylation sites is 2. The number of ether oxygens (including phenoxy) is 2. The number of aromatic nitrogens is 4. The normalized spacial score (nSPS) is 17.7. The van der Waals surface area contributed by atoms with E-state index in [0.717, 1.165) is 133 Å². The predicted octanol–water partition coefficient (Wildman–Crippen LogP) is 21.6. The van der Waals surface area contributed by atoms with E-state index in [9.17, 15) is 32.7 Å². The van der Waals surface area contributed by atoms with Crippen molar-refractivity contribution in [2.75, 3.05) is 13.1 Å². The van der Waals surface area contributed by atoms with E-state index in [-0.39, 0.29) is 35.5 Å². The third kappa shape index (κ3) is 17.4. The third-order valence-electron chi connectivity index (χ3n) is 25.0. The average molecular weight is 1680 g/mol. The number of aliphatic carboxylic acids is 1. The summed E-state index contributed by atoms with van der Waals surface area (Å²) in [6.45, 7) is 22.3. The molecule has 9 N–H and O–H groups in total. The van der Waals surface area contributed by atoms with Gasteiger partial charge in [-0.3, -0.25) is 25.0 Å². The highest BCUT2D eigenvalue weighted by atomic mass is 35.5. The first kappa shape index (κ1) is 83.9. The maximum atomic E-state index is 13.7. The molecule has 19 rings (SSSR count). The standard InChI is InChI=1S/C40H47N3O2Si.C26H25ClN2O2.C20H17F3N2O2.C15H14N2O/c1-40(2,3)46(5,6)27-30-17-22-33-34-24-35(39(44)41-25-28-13-9-7-10-14-28)42-37(38(34)43(4)36(33)23-30)31-18-20-32(21-19-31)45-26-29-15-11-8-12-16-29;1-26(2,3)18-10-6-9-16(22(18)27)23-24-17(13-20(29-23)25(30)31)21-15-8-5-4-7-14(15)11-12-19(21)28-24;1-11(26)27-17-7-6-12(10-15(17)20(21,22)23)18-19-14(8-9-24-18)13-4-2-3-5-16(13)25-19;1-2-5-12-10(4-1)11-7-8-16-15(14(11)17-12)13-6-3-9-18-13/h7-23,35,37,42H,24-27H2,1-6H3,(H,41,44);4-12,20,23,28-29H,13H2,1-3H3,(H,30,31);2-7,10,18,24-25H,8-9H2,1H3;1-6,9,15-17H,7-8H2. The number of benzene rings is 10. The number of nitrogens with zero attached hydrogens (tertiary/aromatic N) is 1. The number of aryl methyl sites for hydroxylation is 1. The van der Waals surface area contributed by atoms with Crippen LogP contribution in [0.15, 0.2) is 247 Å². The molecule has 5 aromatic heterocycles. The predicted molar refractivity (Wildman–Crippen MR) is 483 cm³/mol. The fraction of sp³-hybridized carbons (Fsp3) is 0.277. The van der Waals surface area contributed by atoms with Crippen LogP contribution < -0.4 is 36.1 Å². The van der Waals surface area contributed by atoms with E-state index in [2.05, 4.69) is 199 Å². The van der Waals surface area contributed by atoms with Crippen molar-refractivity contribution in [1.82, 2.24) is 46.1 Å². The monoisotopic (exact) mass is 1670 g/mol. The first-order chi connectivity index (χ1) is 58.5. The summed E-state index contributed by atoms with van der Waals surface area (Å²) in [7, 11) is 0.668. The lowest BCUT2D eigenvalue weighted by Gasteiger charge is -2.37. The van der Waals surface area contributed by atoms with Gasteiger partial charge in [-0.1, -0.05) is 242 Å². The van der Waals surface area contributed by atoms with Crippen LogP contribution in [0.25, 0.3) is 54.4 Å². The van der Waals surface area contributed by atoms with Crippen molar-refractivity contribution < 1.29 is 46.6 Å². The zero-order valence-corrected chi connectivity index (χ0v) is 72.0. The number of amides is 1. The molecule has 1 amide bonds. The van der Waals surface area contributed by atoms with Crippen molar-refractivity contribution >= 4 is 91.9 Å². The molecule has 10 aromatic carbocycles. The molecular weight excluding hydrogens is 1570 g/mol. The molecule has 4 aliphatic rings. The average Bonchev–Trinajstić information content (AvgIpc) is 1.58. The van der Waals surface area contributed by atoms with Gasteiger partial charge in [0, 0.05) is 111 Å². The van der Waals surface area contributed by atoms with E-state index in [1.54, 1.807) is 12.3 Å². The molecule has 626 valence electrons. The van der Waals surface area contributed by atoms with E-state index in [1.807, 2.05) is 127 Å². The van der Waals surface area contributed by atoms with Gasteiger partial charge in [-0.2, -0.15) is 13.2 Å². The van der Waals surface area contributed by atoms with Crippen LogP contribution in [0.5, 0.6) is 11.5 Å². The number of hydrogen-bond donors (Lipinski definition) is 9. The van der Waals surface area contributed by atoms with Gasteiger partial charge in [0.05, 0.1) is 44.1 Å². The number of carboxylic acid groups (broad SMARTS) is 1. The Bertz CT molecular complexity index is 6340. The third-order valence-corrected chi connectivity index (χ3v) is 30.8. The Morgan fingerprint density at radius 2 is 1.16 bits per heavy atom. The fourth-order valence-electron chi connectivity index (χ4n) is 17.8. The Kier molecular flexibility index (Phi) is 23.8. The number of carbonyl (C=O) groups is 3. The topological polar surface area (TPSA) is 215 Å². The number of fused-ring (bicyclic) bond motifs is 14. The highest BCUT2D eigenvalue weighted by molar-refractivity contribution is 6.79. The highest BCUT2D eigenvalue weighted by Crippen LogP contribution is 2.47. The maximum absolute atomic E-state index is 13.7. The van der Waals surface area contributed by atoms with Crippen LogP contribution in [0.2, 0.25) is 23.2 Å². The Morgan fingerprint density at radius 1 is 0.566 bits per heavy atom. The van der Waals surface area contributed by atoms with E-state index in [0.29, 0.717) is 48.2 Å². The molecule has 21 heteroatoms. The first-order valence-corrected chi connectivity index (χ1v) is 45.4. The van der Waals surface area contributed by atoms with E-state index in [4.69, 9.17) is 25.5 Å². The number of aromatic amines is 3. The van der Waals surface area contributed by atoms with Crippen molar-refractivity contribution in [2.24, 2.45) is 7.05 Å². The van der Waals surface area contributed by atoms with Gasteiger partial charge in [0.25, 0.3) is 0 Å². The number of carbonyl (C=O) groups excluding carboxylic acids is 2. The second-order valence-corrected chi connectivity index (χ2v) is 41.1. The molecule has 4 aliphatic heterocycles. The minimum Gasteiger partial charge on any atom is -0.489 e. The molecule has 0 saturated carbocycles. The van der Waals surface area contributed by atoms with Crippen LogP contribution in [-0.2, 0) is 77.9 Å². The molecule has 0 radical (unpaired) electrons. The molecule has 6 unspecified atom stereocenters. The number of carboxylic acids is 1. The number of furan rings is 1. The number of alkyl halides is 3. The minimum absolute atomic E-state index is 0.0221. The van der Waals surface area contributed by atoms with Gasteiger partial charge in [0.2, 0.25) is 5.91 Å². The van der Waals surface area contributed by atoms with Crippen LogP contribution in [0, 0.1) is 0 Å². The summed E-state index contributed by atoms with van der Waals surface area (Å²) in [5, 5.41) is 35.0. The second kappa shape index (κ2) is 34.6. The van der Waals surface area contributed by atoms with Crippen molar-refractivity contribution in [3.8, 4) is 11.5 Å². The molecule has 0 bridgehead atoms. The van der Waals surface area contributed by atoms with Gasteiger partial charge in [-0.05, 0) is 168 Å². The van der Waals surface area contributed by atoms with Gasteiger partial charge in [0.1, 0.15) is 35.9 Å². The molecule has 0 aliphatic carbocycles. The quantitative estimate of drug-likeness (QED) is 0.0284. The lowest BCUT2D eigenvalue weighted by atomic mass is 9.83. The summed E-state index contributed by atoms with van der Waals surface area (Å²) >= 11 is 6.91. The van der Waals surface area contributed by atoms with Crippen LogP contribution >= 0.6 is 11.6 Å². The largest absolute Gasteiger partial charge is 0.489 e. The van der Waals surface area contributed by atoms with Crippen molar-refractivity contribution in [1.29, 1.82) is 0 Å². The summed E-state index contributed by atoms with van der Waals surface area (Å²) in [6.07, 6.45) is 0.0339. The lowest BCUT2D eigenvalue weighted by Crippen LogP contribution is -2.50. The molecule has 6 atom stereocenters.